The van der Waals surface area contributed by atoms with Crippen LogP contribution < -0.4 is 10.9 Å². The average molecular weight is 437 g/mol. The zero-order valence-corrected chi connectivity index (χ0v) is 15.0. The number of rotatable bonds is 3. The molecule has 0 saturated carbocycles. The first-order chi connectivity index (χ1) is 11.0. The second-order valence-electron chi connectivity index (χ2n) is 4.91. The summed E-state index contributed by atoms with van der Waals surface area (Å²) in [6, 6.07) is 14.4. The summed E-state index contributed by atoms with van der Waals surface area (Å²) >= 11 is 6.74. The van der Waals surface area contributed by atoms with Gasteiger partial charge in [0.2, 0.25) is 0 Å². The second kappa shape index (κ2) is 6.68. The number of halogens is 2. The fraction of sp³-hybridized carbons (Fsp3) is 0.0588. The van der Waals surface area contributed by atoms with Crippen LogP contribution in [0, 0.1) is 0 Å². The van der Waals surface area contributed by atoms with E-state index in [1.165, 1.54) is 0 Å². The molecule has 0 radical (unpaired) electrons. The van der Waals surface area contributed by atoms with E-state index in [4.69, 9.17) is 4.42 Å². The minimum absolute atomic E-state index is 0.0125. The molecule has 0 aliphatic rings. The van der Waals surface area contributed by atoms with Crippen molar-refractivity contribution < 1.29 is 9.21 Å². The third kappa shape index (κ3) is 3.54. The predicted molar refractivity (Wildman–Crippen MR) is 95.5 cm³/mol. The van der Waals surface area contributed by atoms with Crippen molar-refractivity contribution in [3.05, 3.63) is 79.0 Å². The Hall–Kier alpha value is -1.92. The van der Waals surface area contributed by atoms with Crippen molar-refractivity contribution >= 4 is 48.7 Å². The number of carbonyl (C=O) groups excluding carboxylic acids is 1. The molecular formula is C17H11Br2NO3. The first-order valence-corrected chi connectivity index (χ1v) is 8.38. The zero-order chi connectivity index (χ0) is 16.4. The fourth-order valence-electron chi connectivity index (χ4n) is 2.14. The van der Waals surface area contributed by atoms with Crippen molar-refractivity contribution in [3.63, 3.8) is 0 Å². The Morgan fingerprint density at radius 1 is 1.09 bits per heavy atom. The predicted octanol–water partition coefficient (Wildman–Crippen LogP) is 4.25. The molecule has 0 unspecified atom stereocenters. The lowest BCUT2D eigenvalue weighted by molar-refractivity contribution is 0.0947. The highest BCUT2D eigenvalue weighted by Crippen LogP contribution is 2.23. The van der Waals surface area contributed by atoms with E-state index in [-0.39, 0.29) is 5.56 Å². The van der Waals surface area contributed by atoms with Gasteiger partial charge in [-0.2, -0.15) is 0 Å². The van der Waals surface area contributed by atoms with Crippen LogP contribution in [-0.2, 0) is 6.54 Å². The average Bonchev–Trinajstić information content (AvgIpc) is 2.54. The lowest BCUT2D eigenvalue weighted by Crippen LogP contribution is -2.27. The number of hydrogen-bond acceptors (Lipinski definition) is 3. The van der Waals surface area contributed by atoms with Crippen LogP contribution in [0.1, 0.15) is 15.9 Å². The van der Waals surface area contributed by atoms with Crippen LogP contribution in [-0.4, -0.2) is 5.91 Å². The summed E-state index contributed by atoms with van der Waals surface area (Å²) < 4.78 is 6.94. The summed E-state index contributed by atoms with van der Waals surface area (Å²) in [4.78, 5) is 24.3. The van der Waals surface area contributed by atoms with Gasteiger partial charge in [-0.1, -0.05) is 50.1 Å². The van der Waals surface area contributed by atoms with Gasteiger partial charge in [0.05, 0.1) is 0 Å². The van der Waals surface area contributed by atoms with E-state index in [0.717, 1.165) is 14.5 Å². The molecule has 1 heterocycles. The second-order valence-corrected chi connectivity index (χ2v) is 6.68. The molecule has 6 heteroatoms. The van der Waals surface area contributed by atoms with E-state index in [1.807, 2.05) is 30.3 Å². The molecule has 0 spiro atoms. The third-order valence-electron chi connectivity index (χ3n) is 3.34. The monoisotopic (exact) mass is 435 g/mol. The standard InChI is InChI=1S/C17H11Br2NO3/c18-11-6-4-10(5-7-11)9-20-16(21)13-8-12-14(19)2-1-3-15(12)23-17(13)22/h1-8H,9H2,(H,20,21). The van der Waals surface area contributed by atoms with Crippen molar-refractivity contribution in [2.45, 2.75) is 6.54 Å². The molecule has 116 valence electrons. The van der Waals surface area contributed by atoms with Gasteiger partial charge in [0.1, 0.15) is 11.1 Å². The Morgan fingerprint density at radius 2 is 1.83 bits per heavy atom. The Labute approximate surface area is 148 Å². The largest absolute Gasteiger partial charge is 0.422 e. The van der Waals surface area contributed by atoms with Gasteiger partial charge in [0.15, 0.2) is 0 Å². The normalized spacial score (nSPS) is 10.7. The van der Waals surface area contributed by atoms with Crippen LogP contribution in [0.2, 0.25) is 0 Å². The van der Waals surface area contributed by atoms with Crippen molar-refractivity contribution in [3.8, 4) is 0 Å². The summed E-state index contributed by atoms with van der Waals surface area (Å²) in [5.74, 6) is -0.459. The maximum Gasteiger partial charge on any atom is 0.349 e. The molecule has 3 rings (SSSR count). The Kier molecular flexibility index (Phi) is 4.63. The number of carbonyl (C=O) groups is 1. The van der Waals surface area contributed by atoms with Gasteiger partial charge in [0, 0.05) is 20.9 Å². The summed E-state index contributed by atoms with van der Waals surface area (Å²) in [5.41, 5.74) is 0.715. The molecular weight excluding hydrogens is 426 g/mol. The van der Waals surface area contributed by atoms with Gasteiger partial charge in [-0.25, -0.2) is 4.79 Å². The molecule has 1 amide bonds. The first-order valence-electron chi connectivity index (χ1n) is 6.79. The highest BCUT2D eigenvalue weighted by Gasteiger charge is 2.14. The molecule has 0 saturated heterocycles. The van der Waals surface area contributed by atoms with E-state index in [1.54, 1.807) is 18.2 Å². The van der Waals surface area contributed by atoms with Gasteiger partial charge in [0.25, 0.3) is 5.91 Å². The zero-order valence-electron chi connectivity index (χ0n) is 11.8. The lowest BCUT2D eigenvalue weighted by Gasteiger charge is -2.06. The van der Waals surface area contributed by atoms with Crippen LogP contribution >= 0.6 is 31.9 Å². The maximum absolute atomic E-state index is 12.3. The van der Waals surface area contributed by atoms with E-state index in [2.05, 4.69) is 37.2 Å². The maximum atomic E-state index is 12.3. The number of hydrogen-bond donors (Lipinski definition) is 1. The van der Waals surface area contributed by atoms with Gasteiger partial charge < -0.3 is 9.73 Å². The minimum atomic E-state index is -0.649. The fourth-order valence-corrected chi connectivity index (χ4v) is 2.87. The van der Waals surface area contributed by atoms with Crippen molar-refractivity contribution in [1.82, 2.24) is 5.32 Å². The molecule has 1 aromatic heterocycles. The summed E-state index contributed by atoms with van der Waals surface area (Å²) in [6.45, 7) is 0.333. The topological polar surface area (TPSA) is 59.3 Å². The van der Waals surface area contributed by atoms with E-state index in [9.17, 15) is 9.59 Å². The molecule has 0 fully saturated rings. The van der Waals surface area contributed by atoms with Crippen molar-refractivity contribution in [1.29, 1.82) is 0 Å². The van der Waals surface area contributed by atoms with Crippen LogP contribution in [0.3, 0.4) is 0 Å². The molecule has 0 aliphatic heterocycles. The van der Waals surface area contributed by atoms with E-state index >= 15 is 0 Å². The molecule has 1 N–H and O–H groups in total. The number of amides is 1. The number of nitrogens with one attached hydrogen (secondary N) is 1. The van der Waals surface area contributed by atoms with E-state index in [0.29, 0.717) is 17.5 Å². The van der Waals surface area contributed by atoms with Gasteiger partial charge in [-0.15, -0.1) is 0 Å². The molecule has 0 aliphatic carbocycles. The highest BCUT2D eigenvalue weighted by atomic mass is 79.9. The molecule has 3 aromatic rings. The first kappa shape index (κ1) is 16.0. The summed E-state index contributed by atoms with van der Waals surface area (Å²) in [7, 11) is 0. The molecule has 0 bridgehead atoms. The molecule has 2 aromatic carbocycles. The van der Waals surface area contributed by atoms with E-state index < -0.39 is 11.5 Å². The van der Waals surface area contributed by atoms with Gasteiger partial charge in [-0.05, 0) is 35.9 Å². The minimum Gasteiger partial charge on any atom is -0.422 e. The Morgan fingerprint density at radius 3 is 2.57 bits per heavy atom. The summed E-state index contributed by atoms with van der Waals surface area (Å²) in [6.07, 6.45) is 0. The van der Waals surface area contributed by atoms with Crippen LogP contribution in [0.5, 0.6) is 0 Å². The summed E-state index contributed by atoms with van der Waals surface area (Å²) in [5, 5.41) is 3.41. The highest BCUT2D eigenvalue weighted by molar-refractivity contribution is 9.11. The third-order valence-corrected chi connectivity index (χ3v) is 4.56. The molecule has 4 nitrogen and oxygen atoms in total. The van der Waals surface area contributed by atoms with Gasteiger partial charge >= 0.3 is 5.63 Å². The smallest absolute Gasteiger partial charge is 0.349 e. The van der Waals surface area contributed by atoms with Crippen LogP contribution in [0.15, 0.2) is 66.7 Å². The number of benzene rings is 2. The SMILES string of the molecule is O=C(NCc1ccc(Br)cc1)c1cc2c(Br)cccc2oc1=O. The Balaban J connectivity index is 1.85. The lowest BCUT2D eigenvalue weighted by atomic mass is 10.1. The van der Waals surface area contributed by atoms with Crippen LogP contribution in [0.4, 0.5) is 0 Å². The molecule has 0 atom stereocenters. The van der Waals surface area contributed by atoms with Gasteiger partial charge in [-0.3, -0.25) is 4.79 Å². The number of fused-ring (bicyclic) bond motifs is 1. The molecule has 23 heavy (non-hydrogen) atoms. The quantitative estimate of drug-likeness (QED) is 0.624. The van der Waals surface area contributed by atoms with Crippen LogP contribution in [0.25, 0.3) is 11.0 Å². The van der Waals surface area contributed by atoms with Crippen molar-refractivity contribution in [2.75, 3.05) is 0 Å². The van der Waals surface area contributed by atoms with Crippen molar-refractivity contribution in [2.24, 2.45) is 0 Å². The Bertz CT molecular complexity index is 933.